The molecular formula is C35H32N4O. The normalized spacial score (nSPS) is 20.8. The molecule has 0 amide bonds. The Morgan fingerprint density at radius 3 is 2.48 bits per heavy atom. The molecule has 0 saturated heterocycles. The predicted molar refractivity (Wildman–Crippen MR) is 161 cm³/mol. The molecule has 0 spiro atoms. The molecule has 3 N–H and O–H groups in total. The van der Waals surface area contributed by atoms with Crippen LogP contribution in [0.4, 0.5) is 5.69 Å². The minimum atomic E-state index is 0.0153. The minimum absolute atomic E-state index is 0.0153. The van der Waals surface area contributed by atoms with Crippen LogP contribution in [0.25, 0.3) is 11.6 Å². The second-order valence-corrected chi connectivity index (χ2v) is 11.0. The Morgan fingerprint density at radius 2 is 1.52 bits per heavy atom. The van der Waals surface area contributed by atoms with Crippen molar-refractivity contribution in [3.63, 3.8) is 0 Å². The van der Waals surface area contributed by atoms with Crippen molar-refractivity contribution in [1.29, 1.82) is 0 Å². The number of hydrogen-bond donors (Lipinski definition) is 3. The van der Waals surface area contributed by atoms with E-state index in [4.69, 9.17) is 4.84 Å². The number of nitrogens with zero attached hydrogens (tertiary/aromatic N) is 1. The summed E-state index contributed by atoms with van der Waals surface area (Å²) in [6, 6.07) is 32.9. The van der Waals surface area contributed by atoms with Crippen LogP contribution < -0.4 is 25.9 Å². The van der Waals surface area contributed by atoms with Crippen LogP contribution in [-0.4, -0.2) is 13.1 Å². The zero-order chi connectivity index (χ0) is 26.5. The van der Waals surface area contributed by atoms with Crippen molar-refractivity contribution in [3.05, 3.63) is 142 Å². The number of anilines is 1. The Kier molecular flexibility index (Phi) is 5.63. The van der Waals surface area contributed by atoms with Crippen LogP contribution in [0.2, 0.25) is 0 Å². The van der Waals surface area contributed by atoms with Gasteiger partial charge in [0.05, 0.1) is 12.1 Å². The number of rotatable bonds is 3. The molecule has 5 heteroatoms. The van der Waals surface area contributed by atoms with Crippen LogP contribution in [0.3, 0.4) is 0 Å². The molecule has 0 radical (unpaired) electrons. The average molecular weight is 525 g/mol. The zero-order valence-electron chi connectivity index (χ0n) is 22.4. The highest BCUT2D eigenvalue weighted by Gasteiger charge is 2.37. The monoisotopic (exact) mass is 524 g/mol. The molecule has 5 nitrogen and oxygen atoms in total. The number of aryl methyl sites for hydroxylation is 1. The summed E-state index contributed by atoms with van der Waals surface area (Å²) in [5.74, 6) is 1.89. The van der Waals surface area contributed by atoms with Crippen LogP contribution in [0.15, 0.2) is 103 Å². The van der Waals surface area contributed by atoms with Gasteiger partial charge in [-0.1, -0.05) is 78.9 Å². The lowest BCUT2D eigenvalue weighted by Gasteiger charge is -2.41. The van der Waals surface area contributed by atoms with Gasteiger partial charge in [0.15, 0.2) is 5.75 Å². The summed E-state index contributed by atoms with van der Waals surface area (Å²) >= 11 is 0. The largest absolute Gasteiger partial charge is 0.380 e. The fourth-order valence-corrected chi connectivity index (χ4v) is 6.96. The van der Waals surface area contributed by atoms with Crippen molar-refractivity contribution >= 4 is 17.3 Å². The highest BCUT2D eigenvalue weighted by Crippen LogP contribution is 2.47. The molecule has 0 bridgehead atoms. The van der Waals surface area contributed by atoms with E-state index in [9.17, 15) is 0 Å². The first kappa shape index (κ1) is 23.4. The van der Waals surface area contributed by atoms with Gasteiger partial charge in [-0.2, -0.15) is 0 Å². The van der Waals surface area contributed by atoms with Crippen molar-refractivity contribution in [2.75, 3.05) is 18.0 Å². The number of hydrogen-bond acceptors (Lipinski definition) is 5. The maximum Gasteiger partial charge on any atom is 0.163 e. The second kappa shape index (κ2) is 9.61. The third kappa shape index (κ3) is 3.73. The van der Waals surface area contributed by atoms with Gasteiger partial charge in [0.1, 0.15) is 5.82 Å². The van der Waals surface area contributed by atoms with E-state index in [1.807, 2.05) is 0 Å². The van der Waals surface area contributed by atoms with Gasteiger partial charge < -0.3 is 20.4 Å². The van der Waals surface area contributed by atoms with E-state index >= 15 is 0 Å². The fourth-order valence-electron chi connectivity index (χ4n) is 6.96. The molecular weight excluding hydrogens is 492 g/mol. The molecule has 0 saturated carbocycles. The molecule has 2 unspecified atom stereocenters. The van der Waals surface area contributed by atoms with Crippen LogP contribution in [0.5, 0.6) is 5.75 Å². The highest BCUT2D eigenvalue weighted by molar-refractivity contribution is 5.84. The van der Waals surface area contributed by atoms with E-state index in [1.165, 1.54) is 44.6 Å². The zero-order valence-corrected chi connectivity index (χ0v) is 22.4. The minimum Gasteiger partial charge on any atom is -0.380 e. The average Bonchev–Trinajstić information content (AvgIpc) is 3.03. The number of benzene rings is 4. The van der Waals surface area contributed by atoms with Gasteiger partial charge in [-0.3, -0.25) is 0 Å². The molecule has 2 atom stereocenters. The highest BCUT2D eigenvalue weighted by atomic mass is 16.6. The summed E-state index contributed by atoms with van der Waals surface area (Å²) in [7, 11) is 0. The van der Waals surface area contributed by atoms with Gasteiger partial charge in [0, 0.05) is 29.9 Å². The van der Waals surface area contributed by atoms with Gasteiger partial charge >= 0.3 is 0 Å². The molecule has 4 aromatic rings. The van der Waals surface area contributed by atoms with Crippen LogP contribution >= 0.6 is 0 Å². The van der Waals surface area contributed by atoms with Crippen molar-refractivity contribution in [2.45, 2.75) is 31.3 Å². The number of hydroxylamine groups is 1. The van der Waals surface area contributed by atoms with Crippen molar-refractivity contribution in [2.24, 2.45) is 0 Å². The summed E-state index contributed by atoms with van der Waals surface area (Å²) in [6.45, 7) is 1.87. The fraction of sp³-hybridized carbons (Fsp3) is 0.200. The smallest absolute Gasteiger partial charge is 0.163 e. The maximum absolute atomic E-state index is 6.41. The van der Waals surface area contributed by atoms with Crippen molar-refractivity contribution in [3.8, 4) is 5.75 Å². The SMILES string of the molecule is C1=Cc2ccccc2C(c2cccc3c2C(C2NCCc4ccccc42)=C(N2CCCc4ccccc42)NO3)N1. The Morgan fingerprint density at radius 1 is 0.725 bits per heavy atom. The van der Waals surface area contributed by atoms with E-state index in [0.717, 1.165) is 49.5 Å². The van der Waals surface area contributed by atoms with Gasteiger partial charge in [0.25, 0.3) is 0 Å². The molecule has 0 fully saturated rings. The molecule has 198 valence electrons. The predicted octanol–water partition coefficient (Wildman–Crippen LogP) is 6.26. The van der Waals surface area contributed by atoms with E-state index < -0.39 is 0 Å². The molecule has 4 aliphatic rings. The van der Waals surface area contributed by atoms with E-state index in [-0.39, 0.29) is 12.1 Å². The quantitative estimate of drug-likeness (QED) is 0.296. The van der Waals surface area contributed by atoms with Crippen LogP contribution in [0, 0.1) is 0 Å². The first-order valence-corrected chi connectivity index (χ1v) is 14.4. The van der Waals surface area contributed by atoms with E-state index in [1.54, 1.807) is 0 Å². The first-order valence-electron chi connectivity index (χ1n) is 14.4. The summed E-state index contributed by atoms with van der Waals surface area (Å²) in [6.07, 6.45) is 7.46. The third-order valence-corrected chi connectivity index (χ3v) is 8.76. The lowest BCUT2D eigenvalue weighted by atomic mass is 9.81. The van der Waals surface area contributed by atoms with Crippen molar-refractivity contribution in [1.82, 2.24) is 16.1 Å². The molecule has 4 heterocycles. The molecule has 4 aliphatic heterocycles. The number of para-hydroxylation sites is 1. The van der Waals surface area contributed by atoms with Crippen LogP contribution in [-0.2, 0) is 12.8 Å². The molecule has 0 aliphatic carbocycles. The Balaban J connectivity index is 1.38. The second-order valence-electron chi connectivity index (χ2n) is 11.0. The number of fused-ring (bicyclic) bond motifs is 4. The first-order chi connectivity index (χ1) is 19.9. The maximum atomic E-state index is 6.41. The summed E-state index contributed by atoms with van der Waals surface area (Å²) < 4.78 is 0. The van der Waals surface area contributed by atoms with Gasteiger partial charge in [-0.05, 0) is 77.1 Å². The Bertz CT molecular complexity index is 1670. The molecule has 40 heavy (non-hydrogen) atoms. The van der Waals surface area contributed by atoms with Gasteiger partial charge in [0.2, 0.25) is 0 Å². The summed E-state index contributed by atoms with van der Waals surface area (Å²) in [5.41, 5.74) is 15.0. The molecule has 0 aromatic heterocycles. The lowest BCUT2D eigenvalue weighted by molar-refractivity contribution is 0.217. The van der Waals surface area contributed by atoms with Gasteiger partial charge in [-0.15, -0.1) is 0 Å². The lowest BCUT2D eigenvalue weighted by Crippen LogP contribution is -2.43. The molecule has 4 aromatic carbocycles. The Labute approximate surface area is 235 Å². The summed E-state index contributed by atoms with van der Waals surface area (Å²) in [5, 5.41) is 7.60. The van der Waals surface area contributed by atoms with Crippen molar-refractivity contribution < 1.29 is 4.84 Å². The van der Waals surface area contributed by atoms with E-state index in [0.29, 0.717) is 0 Å². The van der Waals surface area contributed by atoms with Crippen LogP contribution in [0.1, 0.15) is 57.4 Å². The third-order valence-electron chi connectivity index (χ3n) is 8.76. The Hall–Kier alpha value is -4.48. The standard InChI is InChI=1S/C35H32N4O/c1-4-13-26-23(9-1)18-20-36-33(26)28-15-7-17-30-31(28)32(34-27-14-5-2-10-24(27)19-21-37-34)35(38-40-30)39-22-8-12-25-11-3-6-16-29(25)39/h1-7,9-11,13-18,20,33-34,36-38H,8,12,19,21-22H2. The van der Waals surface area contributed by atoms with Gasteiger partial charge in [-0.25, -0.2) is 5.48 Å². The number of nitrogens with one attached hydrogen (secondary N) is 3. The molecule has 8 rings (SSSR count). The summed E-state index contributed by atoms with van der Waals surface area (Å²) in [4.78, 5) is 8.85. The van der Waals surface area contributed by atoms with E-state index in [2.05, 4.69) is 124 Å². The topological polar surface area (TPSA) is 48.6 Å².